The van der Waals surface area contributed by atoms with Crippen LogP contribution in [0.3, 0.4) is 0 Å². The molecule has 2 fully saturated rings. The van der Waals surface area contributed by atoms with Crippen LogP contribution in [0.2, 0.25) is 0 Å². The number of hydrogen-bond acceptors (Lipinski definition) is 6. The lowest BCUT2D eigenvalue weighted by atomic mass is 10.0. The average Bonchev–Trinajstić information content (AvgIpc) is 3.27. The molecule has 2 aromatic rings. The molecule has 2 saturated heterocycles. The van der Waals surface area contributed by atoms with Crippen molar-refractivity contribution in [3.05, 3.63) is 48.0 Å². The van der Waals surface area contributed by atoms with E-state index in [-0.39, 0.29) is 11.9 Å². The number of amides is 1. The minimum absolute atomic E-state index is 0.00659. The molecule has 0 radical (unpaired) electrons. The Balaban J connectivity index is 1.39. The van der Waals surface area contributed by atoms with Gasteiger partial charge in [0.05, 0.1) is 34.0 Å². The predicted molar refractivity (Wildman–Crippen MR) is 121 cm³/mol. The van der Waals surface area contributed by atoms with Crippen LogP contribution in [0.25, 0.3) is 0 Å². The third-order valence-corrected chi connectivity index (χ3v) is 6.03. The number of benzene rings is 2. The predicted octanol–water partition coefficient (Wildman–Crippen LogP) is 3.32. The van der Waals surface area contributed by atoms with E-state index in [9.17, 15) is 4.79 Å². The zero-order chi connectivity index (χ0) is 21.6. The summed E-state index contributed by atoms with van der Waals surface area (Å²) in [5.74, 6) is 1.62. The molecule has 0 aromatic heterocycles. The molecular weight excluding hydrogens is 394 g/mol. The highest BCUT2D eigenvalue weighted by Crippen LogP contribution is 2.38. The third kappa shape index (κ3) is 5.11. The lowest BCUT2D eigenvalue weighted by Crippen LogP contribution is -2.36. The van der Waals surface area contributed by atoms with Crippen molar-refractivity contribution in [3.63, 3.8) is 0 Å². The maximum Gasteiger partial charge on any atom is 0.238 e. The van der Waals surface area contributed by atoms with Gasteiger partial charge < -0.3 is 24.4 Å². The Kier molecular flexibility index (Phi) is 6.94. The maximum atomic E-state index is 12.8. The molecule has 2 aliphatic heterocycles. The van der Waals surface area contributed by atoms with Gasteiger partial charge in [-0.2, -0.15) is 0 Å². The molecule has 0 saturated carbocycles. The van der Waals surface area contributed by atoms with E-state index in [0.29, 0.717) is 6.54 Å². The van der Waals surface area contributed by atoms with E-state index < -0.39 is 0 Å². The number of ether oxygens (including phenoxy) is 3. The van der Waals surface area contributed by atoms with E-state index in [1.165, 1.54) is 0 Å². The lowest BCUT2D eigenvalue weighted by molar-refractivity contribution is -0.117. The molecular formula is C24H31N3O4. The largest absolute Gasteiger partial charge is 0.497 e. The second-order valence-corrected chi connectivity index (χ2v) is 7.93. The molecule has 1 atom stereocenters. The summed E-state index contributed by atoms with van der Waals surface area (Å²) < 4.78 is 16.4. The summed E-state index contributed by atoms with van der Waals surface area (Å²) in [7, 11) is 3.34. The molecule has 31 heavy (non-hydrogen) atoms. The molecule has 2 aromatic carbocycles. The molecule has 2 aliphatic rings. The van der Waals surface area contributed by atoms with Crippen LogP contribution < -0.4 is 19.7 Å². The van der Waals surface area contributed by atoms with Crippen LogP contribution in [0.5, 0.6) is 11.5 Å². The lowest BCUT2D eigenvalue weighted by Gasteiger charge is -2.29. The van der Waals surface area contributed by atoms with Crippen LogP contribution in [0.15, 0.2) is 42.5 Å². The van der Waals surface area contributed by atoms with Crippen LogP contribution in [-0.4, -0.2) is 64.4 Å². The molecule has 4 rings (SSSR count). The first-order chi connectivity index (χ1) is 15.2. The summed E-state index contributed by atoms with van der Waals surface area (Å²) in [6.07, 6.45) is 2.04. The smallest absolute Gasteiger partial charge is 0.238 e. The number of hydrogen-bond donors (Lipinski definition) is 1. The van der Waals surface area contributed by atoms with E-state index in [4.69, 9.17) is 14.2 Å². The molecule has 2 heterocycles. The average molecular weight is 426 g/mol. The number of carbonyl (C=O) groups excluding carboxylic acids is 1. The third-order valence-electron chi connectivity index (χ3n) is 6.03. The Morgan fingerprint density at radius 3 is 2.55 bits per heavy atom. The van der Waals surface area contributed by atoms with E-state index >= 15 is 0 Å². The van der Waals surface area contributed by atoms with Crippen molar-refractivity contribution in [2.45, 2.75) is 18.9 Å². The number of morpholine rings is 1. The van der Waals surface area contributed by atoms with Gasteiger partial charge in [0.2, 0.25) is 5.91 Å². The monoisotopic (exact) mass is 425 g/mol. The van der Waals surface area contributed by atoms with E-state index in [2.05, 4.69) is 27.2 Å². The minimum Gasteiger partial charge on any atom is -0.497 e. The molecule has 0 unspecified atom stereocenters. The molecule has 7 heteroatoms. The first-order valence-electron chi connectivity index (χ1n) is 10.9. The first-order valence-corrected chi connectivity index (χ1v) is 10.9. The van der Waals surface area contributed by atoms with Crippen LogP contribution >= 0.6 is 0 Å². The fourth-order valence-corrected chi connectivity index (χ4v) is 4.43. The fourth-order valence-electron chi connectivity index (χ4n) is 4.43. The van der Waals surface area contributed by atoms with E-state index in [1.54, 1.807) is 14.2 Å². The number of nitrogens with zero attached hydrogens (tertiary/aromatic N) is 2. The normalized spacial score (nSPS) is 19.3. The van der Waals surface area contributed by atoms with Crippen LogP contribution in [0, 0.1) is 0 Å². The van der Waals surface area contributed by atoms with Crippen molar-refractivity contribution in [2.24, 2.45) is 0 Å². The highest BCUT2D eigenvalue weighted by atomic mass is 16.5. The van der Waals surface area contributed by atoms with Gasteiger partial charge in [-0.3, -0.25) is 9.69 Å². The second kappa shape index (κ2) is 10.0. The Hall–Kier alpha value is -2.77. The number of methoxy groups -OCH3 is 2. The molecule has 1 N–H and O–H groups in total. The van der Waals surface area contributed by atoms with Gasteiger partial charge in [0, 0.05) is 36.1 Å². The molecule has 0 bridgehead atoms. The van der Waals surface area contributed by atoms with Crippen LogP contribution in [0.4, 0.5) is 11.4 Å². The van der Waals surface area contributed by atoms with Gasteiger partial charge in [-0.15, -0.1) is 0 Å². The summed E-state index contributed by atoms with van der Waals surface area (Å²) in [6, 6.07) is 14.0. The maximum absolute atomic E-state index is 12.8. The molecule has 7 nitrogen and oxygen atoms in total. The highest BCUT2D eigenvalue weighted by molar-refractivity contribution is 5.92. The Morgan fingerprint density at radius 2 is 1.84 bits per heavy atom. The van der Waals surface area contributed by atoms with Gasteiger partial charge in [-0.25, -0.2) is 0 Å². The van der Waals surface area contributed by atoms with Gasteiger partial charge in [-0.1, -0.05) is 0 Å². The van der Waals surface area contributed by atoms with Crippen molar-refractivity contribution in [1.29, 1.82) is 0 Å². The molecule has 0 spiro atoms. The van der Waals surface area contributed by atoms with Crippen molar-refractivity contribution in [1.82, 2.24) is 4.90 Å². The van der Waals surface area contributed by atoms with Gasteiger partial charge >= 0.3 is 0 Å². The summed E-state index contributed by atoms with van der Waals surface area (Å²) in [5.41, 5.74) is 3.05. The SMILES string of the molecule is COc1ccc(OC)c([C@@H]2CCCN2CC(=O)Nc2ccc(N3CCOCC3)cc2)c1. The summed E-state index contributed by atoms with van der Waals surface area (Å²) in [6.45, 7) is 4.54. The van der Waals surface area contributed by atoms with Gasteiger partial charge in [0.1, 0.15) is 11.5 Å². The van der Waals surface area contributed by atoms with Crippen molar-refractivity contribution in [3.8, 4) is 11.5 Å². The molecule has 0 aliphatic carbocycles. The van der Waals surface area contributed by atoms with Crippen molar-refractivity contribution in [2.75, 3.05) is 63.8 Å². The zero-order valence-electron chi connectivity index (χ0n) is 18.3. The number of nitrogens with one attached hydrogen (secondary N) is 1. The first kappa shape index (κ1) is 21.5. The zero-order valence-corrected chi connectivity index (χ0v) is 18.3. The van der Waals surface area contributed by atoms with Gasteiger partial charge in [-0.05, 0) is 61.9 Å². The van der Waals surface area contributed by atoms with E-state index in [0.717, 1.165) is 74.1 Å². The number of anilines is 2. The quantitative estimate of drug-likeness (QED) is 0.734. The van der Waals surface area contributed by atoms with Crippen LogP contribution in [0.1, 0.15) is 24.4 Å². The topological polar surface area (TPSA) is 63.3 Å². The summed E-state index contributed by atoms with van der Waals surface area (Å²) in [4.78, 5) is 17.3. The standard InChI is InChI=1S/C24H31N3O4/c1-29-20-9-10-23(30-2)21(16-20)22-4-3-11-27(22)17-24(28)25-18-5-7-19(8-6-18)26-12-14-31-15-13-26/h5-10,16,22H,3-4,11-15,17H2,1-2H3,(H,25,28)/t22-/m0/s1. The number of rotatable bonds is 7. The highest BCUT2D eigenvalue weighted by Gasteiger charge is 2.30. The summed E-state index contributed by atoms with van der Waals surface area (Å²) >= 11 is 0. The molecule has 1 amide bonds. The minimum atomic E-state index is -0.00659. The van der Waals surface area contributed by atoms with Crippen LogP contribution in [-0.2, 0) is 9.53 Å². The fraction of sp³-hybridized carbons (Fsp3) is 0.458. The van der Waals surface area contributed by atoms with Crippen molar-refractivity contribution >= 4 is 17.3 Å². The van der Waals surface area contributed by atoms with Gasteiger partial charge in [0.25, 0.3) is 0 Å². The Labute approximate surface area is 183 Å². The number of carbonyl (C=O) groups is 1. The Morgan fingerprint density at radius 1 is 1.06 bits per heavy atom. The van der Waals surface area contributed by atoms with Crippen molar-refractivity contribution < 1.29 is 19.0 Å². The second-order valence-electron chi connectivity index (χ2n) is 7.93. The Bertz CT molecular complexity index is 881. The number of likely N-dealkylation sites (tertiary alicyclic amines) is 1. The molecule has 166 valence electrons. The summed E-state index contributed by atoms with van der Waals surface area (Å²) in [5, 5.41) is 3.04. The van der Waals surface area contributed by atoms with Gasteiger partial charge in [0.15, 0.2) is 0 Å². The van der Waals surface area contributed by atoms with E-state index in [1.807, 2.05) is 30.3 Å².